The van der Waals surface area contributed by atoms with Crippen molar-refractivity contribution in [1.82, 2.24) is 0 Å². The van der Waals surface area contributed by atoms with Gasteiger partial charge < -0.3 is 30.5 Å². The van der Waals surface area contributed by atoms with E-state index in [1.54, 1.807) is 50.2 Å². The van der Waals surface area contributed by atoms with Crippen LogP contribution in [0.3, 0.4) is 0 Å². The number of carbonyl (C=O) groups is 2. The van der Waals surface area contributed by atoms with Crippen molar-refractivity contribution < 1.29 is 49.7 Å². The van der Waals surface area contributed by atoms with Crippen molar-refractivity contribution in [2.24, 2.45) is 5.41 Å². The summed E-state index contributed by atoms with van der Waals surface area (Å²) in [6.45, 7) is 3.12. The second-order valence-electron chi connectivity index (χ2n) is 7.37. The van der Waals surface area contributed by atoms with Gasteiger partial charge in [-0.2, -0.15) is 0 Å². The first kappa shape index (κ1) is 30.1. The zero-order chi connectivity index (χ0) is 26.2. The molecule has 0 aliphatic heterocycles. The third-order valence-corrected chi connectivity index (χ3v) is 5.31. The van der Waals surface area contributed by atoms with Crippen LogP contribution >= 0.6 is 0 Å². The maximum atomic E-state index is 10.9. The molecule has 0 saturated heterocycles. The van der Waals surface area contributed by atoms with Gasteiger partial charge in [0.05, 0.1) is 0 Å². The van der Waals surface area contributed by atoms with Crippen LogP contribution in [0, 0.1) is 5.41 Å². The van der Waals surface area contributed by atoms with Crippen molar-refractivity contribution in [2.45, 2.75) is 26.7 Å². The van der Waals surface area contributed by atoms with Gasteiger partial charge in [-0.15, -0.1) is 0 Å². The number of nitrogens with one attached hydrogen (secondary N) is 2. The molecule has 0 atom stereocenters. The summed E-state index contributed by atoms with van der Waals surface area (Å²) in [5, 5.41) is 18.8. The van der Waals surface area contributed by atoms with Crippen LogP contribution in [-0.2, 0) is 30.7 Å². The van der Waals surface area contributed by atoms with Gasteiger partial charge in [-0.3, -0.25) is 9.59 Å². The Bertz CT molecular complexity index is 1350. The van der Waals surface area contributed by atoms with E-state index in [0.29, 0.717) is 11.2 Å². The van der Waals surface area contributed by atoms with Crippen molar-refractivity contribution in [3.05, 3.63) is 93.0 Å². The van der Waals surface area contributed by atoms with E-state index < -0.39 is 28.6 Å². The van der Waals surface area contributed by atoms with Crippen LogP contribution in [0.15, 0.2) is 79.1 Å². The van der Waals surface area contributed by atoms with Crippen molar-refractivity contribution in [3.63, 3.8) is 0 Å². The van der Waals surface area contributed by atoms with Crippen molar-refractivity contribution in [1.29, 1.82) is 0 Å². The first-order valence-electron chi connectivity index (χ1n) is 10.5. The molecule has 0 aliphatic rings. The minimum Gasteiger partial charge on any atom is -0.693 e. The van der Waals surface area contributed by atoms with Gasteiger partial charge in [-0.05, 0) is 25.0 Å². The van der Waals surface area contributed by atoms with E-state index in [1.807, 2.05) is 12.1 Å². The number of benzene rings is 2. The van der Waals surface area contributed by atoms with E-state index in [0.717, 1.165) is 10.8 Å². The quantitative estimate of drug-likeness (QED) is 0.198. The molecule has 0 saturated carbocycles. The Morgan fingerprint density at radius 1 is 0.750 bits per heavy atom. The van der Waals surface area contributed by atoms with E-state index in [-0.39, 0.29) is 45.3 Å². The predicted molar refractivity (Wildman–Crippen MR) is 131 cm³/mol. The molecule has 4 aromatic rings. The van der Waals surface area contributed by atoms with Crippen LogP contribution in [0.1, 0.15) is 26.7 Å². The summed E-state index contributed by atoms with van der Waals surface area (Å²) >= 11 is 0. The molecule has 0 aliphatic carbocycles. The second-order valence-corrected chi connectivity index (χ2v) is 7.37. The first-order valence-corrected chi connectivity index (χ1v) is 10.5. The normalized spacial score (nSPS) is 10.3. The molecular formula is C25H24N2O8Pt. The Balaban J connectivity index is 0.000000267. The Labute approximate surface area is 219 Å². The molecule has 2 heterocycles. The fourth-order valence-electron chi connectivity index (χ4n) is 3.07. The Morgan fingerprint density at radius 2 is 1.08 bits per heavy atom. The number of carboxylic acids is 2. The fourth-order valence-corrected chi connectivity index (χ4v) is 3.07. The van der Waals surface area contributed by atoms with E-state index in [2.05, 4.69) is 0 Å². The van der Waals surface area contributed by atoms with Gasteiger partial charge in [0.1, 0.15) is 11.2 Å². The number of aliphatic carboxylic acids is 2. The van der Waals surface area contributed by atoms with Crippen LogP contribution < -0.4 is 11.3 Å². The zero-order valence-corrected chi connectivity index (χ0v) is 21.6. The number of carboxylic acid groups (broad SMARTS) is 2. The van der Waals surface area contributed by atoms with E-state index in [1.165, 1.54) is 12.1 Å². The molecule has 4 N–H and O–H groups in total. The number of hydrogen-bond donors (Lipinski definition) is 2. The van der Waals surface area contributed by atoms with Crippen LogP contribution in [0.4, 0.5) is 11.4 Å². The minimum atomic E-state index is -1.58. The van der Waals surface area contributed by atoms with E-state index >= 15 is 0 Å². The molecule has 0 bridgehead atoms. The van der Waals surface area contributed by atoms with Crippen LogP contribution in [0.2, 0.25) is 0 Å². The molecule has 4 rings (SSSR count). The summed E-state index contributed by atoms with van der Waals surface area (Å²) in [5.41, 5.74) is 12.5. The second kappa shape index (κ2) is 13.2. The van der Waals surface area contributed by atoms with Crippen LogP contribution in [-0.4, -0.2) is 22.2 Å². The predicted octanol–water partition coefficient (Wildman–Crippen LogP) is 5.91. The largest absolute Gasteiger partial charge is 2.00 e. The molecule has 2 aromatic carbocycles. The summed E-state index contributed by atoms with van der Waals surface area (Å²) < 4.78 is 9.70. The Hall–Kier alpha value is -3.91. The van der Waals surface area contributed by atoms with Crippen molar-refractivity contribution in [3.8, 4) is 0 Å². The van der Waals surface area contributed by atoms with Gasteiger partial charge in [0.2, 0.25) is 0 Å². The molecule has 192 valence electrons. The topological polar surface area (TPSA) is 183 Å². The summed E-state index contributed by atoms with van der Waals surface area (Å²) in [4.78, 5) is 42.8. The number of para-hydroxylation sites is 2. The summed E-state index contributed by atoms with van der Waals surface area (Å²) in [6, 6.07) is 17.3. The molecule has 11 heteroatoms. The molecule has 0 unspecified atom stereocenters. The van der Waals surface area contributed by atoms with Gasteiger partial charge >= 0.3 is 44.3 Å². The maximum absolute atomic E-state index is 10.9. The van der Waals surface area contributed by atoms with E-state index in [9.17, 15) is 19.2 Å². The molecule has 0 fully saturated rings. The first-order chi connectivity index (χ1) is 16.5. The molecule has 0 spiro atoms. The SMILES string of the molecule is CCC(CC)(C(=O)O)C(=O)O.[NH-]c1cc2ccccc2oc1=O.[NH-]c1cc2ccccc2oc1=O.[Pt+2]. The summed E-state index contributed by atoms with van der Waals surface area (Å²) in [6.07, 6.45) is 0.238. The Morgan fingerprint density at radius 3 is 1.36 bits per heavy atom. The molecule has 0 radical (unpaired) electrons. The molecule has 10 nitrogen and oxygen atoms in total. The third kappa shape index (κ3) is 7.05. The Kier molecular flexibility index (Phi) is 11.1. The van der Waals surface area contributed by atoms with Gasteiger partial charge in [0.15, 0.2) is 5.41 Å². The minimum absolute atomic E-state index is 0. The van der Waals surface area contributed by atoms with Crippen molar-refractivity contribution >= 4 is 45.3 Å². The van der Waals surface area contributed by atoms with Gasteiger partial charge in [-0.1, -0.05) is 73.8 Å². The number of rotatable bonds is 4. The van der Waals surface area contributed by atoms with Gasteiger partial charge in [-0.25, -0.2) is 9.59 Å². The van der Waals surface area contributed by atoms with E-state index in [4.69, 9.17) is 30.5 Å². The summed E-state index contributed by atoms with van der Waals surface area (Å²) in [5.74, 6) is -2.51. The zero-order valence-electron chi connectivity index (χ0n) is 19.3. The monoisotopic (exact) mass is 675 g/mol. The number of fused-ring (bicyclic) bond motifs is 2. The summed E-state index contributed by atoms with van der Waals surface area (Å²) in [7, 11) is 0. The molecule has 0 amide bonds. The number of hydrogen-bond acceptors (Lipinski definition) is 6. The average Bonchev–Trinajstić information content (AvgIpc) is 2.82. The van der Waals surface area contributed by atoms with Gasteiger partial charge in [0.25, 0.3) is 0 Å². The van der Waals surface area contributed by atoms with Crippen molar-refractivity contribution in [2.75, 3.05) is 0 Å². The maximum Gasteiger partial charge on any atom is 2.00 e. The smallest absolute Gasteiger partial charge is 0.693 e. The molecule has 2 aromatic heterocycles. The molecule has 36 heavy (non-hydrogen) atoms. The molecular weight excluding hydrogens is 651 g/mol. The fraction of sp³-hybridized carbons (Fsp3) is 0.200. The third-order valence-electron chi connectivity index (χ3n) is 5.31. The standard InChI is InChI=1S/2C9H6NO2.C7H12O4.Pt/c2*10-7-5-6-3-1-2-4-8(6)12-9(7)11;1-3-7(4-2,5(8)9)6(10)11;/h2*1-5,10H;3-4H2,1-2H3,(H,8,9)(H,10,11);/q2*-1;;+2. The van der Waals surface area contributed by atoms with Crippen LogP contribution in [0.25, 0.3) is 33.4 Å². The van der Waals surface area contributed by atoms with Gasteiger partial charge in [0, 0.05) is 10.8 Å². The van der Waals surface area contributed by atoms with Crippen LogP contribution in [0.5, 0.6) is 0 Å². The average molecular weight is 676 g/mol.